The maximum Gasteiger partial charge on any atom is 0.311 e. The monoisotopic (exact) mass is 615 g/mol. The highest BCUT2D eigenvalue weighted by Crippen LogP contribution is 2.43. The minimum atomic E-state index is -0.513. The largest absolute Gasteiger partial charge is 0.490 e. The van der Waals surface area contributed by atoms with Crippen LogP contribution in [0.2, 0.25) is 5.02 Å². The average molecular weight is 616 g/mol. The molecule has 0 N–H and O–H groups in total. The van der Waals surface area contributed by atoms with Gasteiger partial charge < -0.3 is 4.74 Å². The molecule has 0 bridgehead atoms. The van der Waals surface area contributed by atoms with Crippen molar-refractivity contribution in [3.05, 3.63) is 128 Å². The zero-order valence-corrected chi connectivity index (χ0v) is 25.2. The van der Waals surface area contributed by atoms with Gasteiger partial charge in [0.1, 0.15) is 21.5 Å². The minimum absolute atomic E-state index is 0.113. The number of aromatic nitrogens is 1. The standard InChI is InChI=1S/C33H27ClFN3O4S/c1-20-16-21(2)18-25(17-20)31-36-30(24-8-13-29(42-3)28(19-24)38(40)41)33(43-31)37(15-14-22-4-9-26(34)10-5-22)32(39)23-6-11-27(35)12-7-23/h4-13,16-19H,14-15H2,1-3H3. The number of hydrogen-bond acceptors (Lipinski definition) is 6. The van der Waals surface area contributed by atoms with Crippen LogP contribution in [0.4, 0.5) is 15.1 Å². The molecule has 0 radical (unpaired) electrons. The number of benzene rings is 4. The summed E-state index contributed by atoms with van der Waals surface area (Å²) in [4.78, 5) is 32.0. The van der Waals surface area contributed by atoms with Crippen LogP contribution in [0.25, 0.3) is 21.8 Å². The molecular formula is C33H27ClFN3O4S. The van der Waals surface area contributed by atoms with E-state index in [1.54, 1.807) is 23.1 Å². The van der Waals surface area contributed by atoms with Gasteiger partial charge in [0, 0.05) is 34.3 Å². The summed E-state index contributed by atoms with van der Waals surface area (Å²) in [6.07, 6.45) is 0.489. The van der Waals surface area contributed by atoms with Gasteiger partial charge in [-0.3, -0.25) is 19.8 Å². The molecule has 0 spiro atoms. The number of rotatable bonds is 9. The van der Waals surface area contributed by atoms with Crippen molar-refractivity contribution in [1.82, 2.24) is 4.98 Å². The number of aryl methyl sites for hydroxylation is 2. The van der Waals surface area contributed by atoms with Gasteiger partial charge >= 0.3 is 5.69 Å². The smallest absolute Gasteiger partial charge is 0.311 e. The molecule has 0 saturated heterocycles. The third kappa shape index (κ3) is 6.74. The lowest BCUT2D eigenvalue weighted by Crippen LogP contribution is -2.32. The molecule has 218 valence electrons. The summed E-state index contributed by atoms with van der Waals surface area (Å²) < 4.78 is 19.0. The van der Waals surface area contributed by atoms with E-state index in [2.05, 4.69) is 6.07 Å². The van der Waals surface area contributed by atoms with Gasteiger partial charge in [0.05, 0.1) is 12.0 Å². The molecule has 0 aliphatic rings. The quantitative estimate of drug-likeness (QED) is 0.122. The first-order chi connectivity index (χ1) is 20.6. The number of carbonyl (C=O) groups is 1. The molecule has 0 fully saturated rings. The number of methoxy groups -OCH3 is 1. The van der Waals surface area contributed by atoms with Gasteiger partial charge in [0.25, 0.3) is 5.91 Å². The first-order valence-corrected chi connectivity index (χ1v) is 14.6. The molecule has 4 aromatic carbocycles. The van der Waals surface area contributed by atoms with Crippen LogP contribution >= 0.6 is 22.9 Å². The van der Waals surface area contributed by atoms with Crippen LogP contribution < -0.4 is 9.64 Å². The Bertz CT molecular complexity index is 1790. The molecule has 7 nitrogen and oxygen atoms in total. The van der Waals surface area contributed by atoms with Crippen molar-refractivity contribution in [3.63, 3.8) is 0 Å². The third-order valence-corrected chi connectivity index (χ3v) is 8.23. The zero-order chi connectivity index (χ0) is 30.7. The fraction of sp³-hybridized carbons (Fsp3) is 0.152. The van der Waals surface area contributed by atoms with Crippen molar-refractivity contribution in [3.8, 4) is 27.6 Å². The SMILES string of the molecule is COc1ccc(-c2nc(-c3cc(C)cc(C)c3)sc2N(CCc2ccc(Cl)cc2)C(=O)c2ccc(F)cc2)cc1[N+](=O)[O-]. The predicted octanol–water partition coefficient (Wildman–Crippen LogP) is 8.69. The number of anilines is 1. The zero-order valence-electron chi connectivity index (χ0n) is 23.6. The maximum absolute atomic E-state index is 14.1. The molecule has 1 aromatic heterocycles. The second kappa shape index (κ2) is 12.7. The van der Waals surface area contributed by atoms with E-state index >= 15 is 0 Å². The summed E-state index contributed by atoms with van der Waals surface area (Å²) in [6, 6.07) is 23.4. The van der Waals surface area contributed by atoms with Crippen molar-refractivity contribution < 1.29 is 18.8 Å². The molecule has 43 heavy (non-hydrogen) atoms. The van der Waals surface area contributed by atoms with Gasteiger partial charge in [0.15, 0.2) is 5.75 Å². The molecule has 0 aliphatic heterocycles. The Morgan fingerprint density at radius 2 is 1.65 bits per heavy atom. The summed E-state index contributed by atoms with van der Waals surface area (Å²) in [5, 5.41) is 13.7. The molecule has 5 aromatic rings. The lowest BCUT2D eigenvalue weighted by atomic mass is 10.1. The van der Waals surface area contributed by atoms with Crippen LogP contribution in [0.3, 0.4) is 0 Å². The molecule has 5 rings (SSSR count). The van der Waals surface area contributed by atoms with E-state index in [1.165, 1.54) is 54.8 Å². The normalized spacial score (nSPS) is 10.9. The highest BCUT2D eigenvalue weighted by atomic mass is 35.5. The molecular weight excluding hydrogens is 589 g/mol. The van der Waals surface area contributed by atoms with E-state index in [9.17, 15) is 19.3 Å². The summed E-state index contributed by atoms with van der Waals surface area (Å²) in [7, 11) is 1.37. The number of nitrogens with zero attached hydrogens (tertiary/aromatic N) is 3. The Labute approximate surface area is 257 Å². The van der Waals surface area contributed by atoms with E-state index in [4.69, 9.17) is 21.3 Å². The number of halogens is 2. The Morgan fingerprint density at radius 3 is 2.28 bits per heavy atom. The number of hydrogen-bond donors (Lipinski definition) is 0. The Kier molecular flexibility index (Phi) is 8.84. The van der Waals surface area contributed by atoms with Crippen LogP contribution in [0.1, 0.15) is 27.0 Å². The van der Waals surface area contributed by atoms with Gasteiger partial charge in [-0.2, -0.15) is 0 Å². The number of carbonyl (C=O) groups excluding carboxylic acids is 1. The second-order valence-electron chi connectivity index (χ2n) is 10.0. The van der Waals surface area contributed by atoms with Crippen molar-refractivity contribution in [2.75, 3.05) is 18.6 Å². The highest BCUT2D eigenvalue weighted by molar-refractivity contribution is 7.19. The molecule has 0 atom stereocenters. The van der Waals surface area contributed by atoms with Gasteiger partial charge in [-0.25, -0.2) is 9.37 Å². The number of nitro benzene ring substituents is 1. The summed E-state index contributed by atoms with van der Waals surface area (Å²) in [5.74, 6) is -0.693. The summed E-state index contributed by atoms with van der Waals surface area (Å²) in [5.41, 5.74) is 4.88. The number of thiazole rings is 1. The minimum Gasteiger partial charge on any atom is -0.490 e. The topological polar surface area (TPSA) is 85.6 Å². The van der Waals surface area contributed by atoms with Crippen molar-refractivity contribution in [2.45, 2.75) is 20.3 Å². The van der Waals surface area contributed by atoms with Crippen LogP contribution in [-0.4, -0.2) is 29.5 Å². The van der Waals surface area contributed by atoms with Crippen LogP contribution in [0.15, 0.2) is 84.9 Å². The first kappa shape index (κ1) is 29.9. The lowest BCUT2D eigenvalue weighted by Gasteiger charge is -2.22. The van der Waals surface area contributed by atoms with Crippen molar-refractivity contribution in [2.24, 2.45) is 0 Å². The molecule has 0 saturated carbocycles. The lowest BCUT2D eigenvalue weighted by molar-refractivity contribution is -0.385. The van der Waals surface area contributed by atoms with Gasteiger partial charge in [-0.15, -0.1) is 0 Å². The maximum atomic E-state index is 14.1. The van der Waals surface area contributed by atoms with E-state index in [0.717, 1.165) is 22.3 Å². The fourth-order valence-corrected chi connectivity index (χ4v) is 6.05. The third-order valence-electron chi connectivity index (χ3n) is 6.85. The van der Waals surface area contributed by atoms with Gasteiger partial charge in [-0.05, 0) is 86.5 Å². The van der Waals surface area contributed by atoms with Crippen molar-refractivity contribution in [1.29, 1.82) is 0 Å². The fourth-order valence-electron chi connectivity index (χ4n) is 4.82. The van der Waals surface area contributed by atoms with E-state index in [0.29, 0.717) is 38.3 Å². The van der Waals surface area contributed by atoms with E-state index in [-0.39, 0.29) is 23.9 Å². The highest BCUT2D eigenvalue weighted by Gasteiger charge is 2.27. The number of ether oxygens (including phenoxy) is 1. The van der Waals surface area contributed by atoms with E-state index in [1.807, 2.05) is 38.1 Å². The second-order valence-corrected chi connectivity index (χ2v) is 11.4. The Hall–Kier alpha value is -4.60. The van der Waals surface area contributed by atoms with Gasteiger partial charge in [-0.1, -0.05) is 52.3 Å². The molecule has 1 amide bonds. The van der Waals surface area contributed by atoms with Gasteiger partial charge in [0.2, 0.25) is 0 Å². The Morgan fingerprint density at radius 1 is 0.977 bits per heavy atom. The van der Waals surface area contributed by atoms with Crippen LogP contribution in [0.5, 0.6) is 5.75 Å². The molecule has 0 aliphatic carbocycles. The molecule has 10 heteroatoms. The Balaban J connectivity index is 1.69. The number of amides is 1. The average Bonchev–Trinajstić information content (AvgIpc) is 3.43. The van der Waals surface area contributed by atoms with Crippen LogP contribution in [0, 0.1) is 29.8 Å². The molecule has 0 unspecified atom stereocenters. The predicted molar refractivity (Wildman–Crippen MR) is 169 cm³/mol. The first-order valence-electron chi connectivity index (χ1n) is 13.4. The van der Waals surface area contributed by atoms with Crippen LogP contribution in [-0.2, 0) is 6.42 Å². The summed E-state index contributed by atoms with van der Waals surface area (Å²) >= 11 is 7.40. The molecule has 1 heterocycles. The number of nitro groups is 1. The van der Waals surface area contributed by atoms with Crippen molar-refractivity contribution >= 4 is 39.5 Å². The van der Waals surface area contributed by atoms with E-state index < -0.39 is 10.7 Å². The summed E-state index contributed by atoms with van der Waals surface area (Å²) in [6.45, 7) is 4.25.